The molecular formula is C9H21FNO2P. The Bertz CT molecular complexity index is 178. The summed E-state index contributed by atoms with van der Waals surface area (Å²) in [6.07, 6.45) is 2.14. The Hall–Kier alpha value is 0.0800. The summed E-state index contributed by atoms with van der Waals surface area (Å²) in [5.41, 5.74) is 0. The van der Waals surface area contributed by atoms with Crippen molar-refractivity contribution in [2.75, 3.05) is 32.9 Å². The van der Waals surface area contributed by atoms with Gasteiger partial charge >= 0.3 is 7.68 Å². The molecule has 0 radical (unpaired) electrons. The van der Waals surface area contributed by atoms with Gasteiger partial charge < -0.3 is 9.42 Å². The van der Waals surface area contributed by atoms with Gasteiger partial charge in [0.2, 0.25) is 0 Å². The van der Waals surface area contributed by atoms with Gasteiger partial charge in [-0.1, -0.05) is 13.8 Å². The Kier molecular flexibility index (Phi) is 7.42. The zero-order valence-electron chi connectivity index (χ0n) is 9.33. The highest BCUT2D eigenvalue weighted by atomic mass is 31.2. The van der Waals surface area contributed by atoms with Crippen molar-refractivity contribution >= 4 is 7.68 Å². The highest BCUT2D eigenvalue weighted by Crippen LogP contribution is 2.43. The van der Waals surface area contributed by atoms with Crippen LogP contribution in [0.1, 0.15) is 26.7 Å². The van der Waals surface area contributed by atoms with Crippen molar-refractivity contribution in [3.63, 3.8) is 0 Å². The van der Waals surface area contributed by atoms with Gasteiger partial charge in [0.05, 0.1) is 6.61 Å². The van der Waals surface area contributed by atoms with Gasteiger partial charge in [0.1, 0.15) is 0 Å². The molecule has 0 spiro atoms. The van der Waals surface area contributed by atoms with E-state index in [-0.39, 0.29) is 6.61 Å². The summed E-state index contributed by atoms with van der Waals surface area (Å²) >= 11 is 0. The van der Waals surface area contributed by atoms with E-state index >= 15 is 0 Å². The molecule has 0 bridgehead atoms. The SMILES string of the molecule is CCCN(CCC)CCOP(C)(=O)F. The predicted octanol–water partition coefficient (Wildman–Crippen LogP) is 2.92. The van der Waals surface area contributed by atoms with E-state index in [0.29, 0.717) is 6.54 Å². The van der Waals surface area contributed by atoms with Crippen LogP contribution >= 0.6 is 7.68 Å². The molecule has 0 aliphatic rings. The molecule has 0 aliphatic heterocycles. The van der Waals surface area contributed by atoms with Crippen LogP contribution < -0.4 is 0 Å². The Balaban J connectivity index is 3.65. The predicted molar refractivity (Wildman–Crippen MR) is 57.6 cm³/mol. The summed E-state index contributed by atoms with van der Waals surface area (Å²) in [5, 5.41) is 0. The van der Waals surface area contributed by atoms with Gasteiger partial charge in [-0.05, 0) is 25.9 Å². The largest absolute Gasteiger partial charge is 0.364 e. The Morgan fingerprint density at radius 3 is 2.07 bits per heavy atom. The molecule has 14 heavy (non-hydrogen) atoms. The van der Waals surface area contributed by atoms with Gasteiger partial charge in [0.15, 0.2) is 0 Å². The van der Waals surface area contributed by atoms with E-state index < -0.39 is 7.68 Å². The maximum Gasteiger partial charge on any atom is 0.364 e. The monoisotopic (exact) mass is 225 g/mol. The fraction of sp³-hybridized carbons (Fsp3) is 1.00. The first-order chi connectivity index (χ1) is 6.49. The van der Waals surface area contributed by atoms with Crippen molar-refractivity contribution < 1.29 is 13.3 Å². The van der Waals surface area contributed by atoms with Crippen LogP contribution in [0.3, 0.4) is 0 Å². The van der Waals surface area contributed by atoms with Crippen molar-refractivity contribution in [3.05, 3.63) is 0 Å². The lowest BCUT2D eigenvalue weighted by Crippen LogP contribution is -2.28. The van der Waals surface area contributed by atoms with Crippen LogP contribution in [0.5, 0.6) is 0 Å². The molecule has 86 valence electrons. The van der Waals surface area contributed by atoms with Crippen molar-refractivity contribution in [1.82, 2.24) is 4.90 Å². The molecule has 0 heterocycles. The minimum atomic E-state index is -3.79. The second-order valence-electron chi connectivity index (χ2n) is 3.42. The van der Waals surface area contributed by atoms with E-state index in [1.54, 1.807) is 0 Å². The Morgan fingerprint density at radius 1 is 1.21 bits per heavy atom. The molecule has 1 unspecified atom stereocenters. The van der Waals surface area contributed by atoms with E-state index in [1.807, 2.05) is 0 Å². The van der Waals surface area contributed by atoms with Crippen LogP contribution in [-0.2, 0) is 9.09 Å². The van der Waals surface area contributed by atoms with Crippen LogP contribution in [-0.4, -0.2) is 37.8 Å². The van der Waals surface area contributed by atoms with Gasteiger partial charge in [-0.25, -0.2) is 0 Å². The van der Waals surface area contributed by atoms with Crippen LogP contribution in [0, 0.1) is 0 Å². The number of nitrogens with zero attached hydrogens (tertiary/aromatic N) is 1. The number of hydrogen-bond donors (Lipinski definition) is 0. The summed E-state index contributed by atoms with van der Waals surface area (Å²) in [7, 11) is -3.79. The first-order valence-electron chi connectivity index (χ1n) is 5.13. The fourth-order valence-corrected chi connectivity index (χ4v) is 1.71. The third-order valence-corrected chi connectivity index (χ3v) is 2.45. The summed E-state index contributed by atoms with van der Waals surface area (Å²) in [5.74, 6) is 0. The fourth-order valence-electron chi connectivity index (χ4n) is 1.30. The normalized spacial score (nSPS) is 15.8. The zero-order valence-corrected chi connectivity index (χ0v) is 10.2. The number of rotatable bonds is 8. The van der Waals surface area contributed by atoms with Gasteiger partial charge in [-0.15, -0.1) is 0 Å². The maximum atomic E-state index is 12.5. The molecule has 0 amide bonds. The maximum absolute atomic E-state index is 12.5. The van der Waals surface area contributed by atoms with Crippen LogP contribution in [0.2, 0.25) is 0 Å². The van der Waals surface area contributed by atoms with Crippen LogP contribution in [0.25, 0.3) is 0 Å². The van der Waals surface area contributed by atoms with Gasteiger partial charge in [-0.2, -0.15) is 4.20 Å². The highest BCUT2D eigenvalue weighted by molar-refractivity contribution is 7.52. The van der Waals surface area contributed by atoms with Crippen LogP contribution in [0.4, 0.5) is 4.20 Å². The lowest BCUT2D eigenvalue weighted by molar-refractivity contribution is 0.203. The molecule has 0 aromatic carbocycles. The summed E-state index contributed by atoms with van der Waals surface area (Å²) in [6, 6.07) is 0. The molecule has 3 nitrogen and oxygen atoms in total. The number of hydrogen-bond acceptors (Lipinski definition) is 3. The molecule has 0 saturated carbocycles. The summed E-state index contributed by atoms with van der Waals surface area (Å²) < 4.78 is 27.7. The third kappa shape index (κ3) is 8.67. The topological polar surface area (TPSA) is 29.5 Å². The van der Waals surface area contributed by atoms with E-state index in [1.165, 1.54) is 0 Å². The summed E-state index contributed by atoms with van der Waals surface area (Å²) in [6.45, 7) is 8.03. The molecule has 0 rings (SSSR count). The average molecular weight is 225 g/mol. The molecule has 1 atom stereocenters. The average Bonchev–Trinajstić information content (AvgIpc) is 2.02. The minimum absolute atomic E-state index is 0.213. The Morgan fingerprint density at radius 2 is 1.71 bits per heavy atom. The molecule has 0 aliphatic carbocycles. The molecule has 0 N–H and O–H groups in total. The zero-order chi connectivity index (χ0) is 11.0. The molecule has 0 aromatic heterocycles. The first-order valence-corrected chi connectivity index (χ1v) is 7.10. The number of halogens is 1. The highest BCUT2D eigenvalue weighted by Gasteiger charge is 2.13. The van der Waals surface area contributed by atoms with Crippen molar-refractivity contribution in [2.24, 2.45) is 0 Å². The Labute approximate surface area is 86.2 Å². The third-order valence-electron chi connectivity index (χ3n) is 1.81. The standard InChI is InChI=1S/C9H21FNO2P/c1-4-6-11(7-5-2)8-9-13-14(3,10)12/h4-9H2,1-3H3. The molecule has 5 heteroatoms. The van der Waals surface area contributed by atoms with E-state index in [4.69, 9.17) is 0 Å². The minimum Gasteiger partial charge on any atom is -0.304 e. The van der Waals surface area contributed by atoms with Gasteiger partial charge in [0.25, 0.3) is 0 Å². The van der Waals surface area contributed by atoms with E-state index in [2.05, 4.69) is 23.3 Å². The second kappa shape index (κ2) is 7.38. The molecular weight excluding hydrogens is 204 g/mol. The molecule has 0 fully saturated rings. The lowest BCUT2D eigenvalue weighted by atomic mass is 10.3. The van der Waals surface area contributed by atoms with E-state index in [0.717, 1.165) is 32.6 Å². The molecule has 0 saturated heterocycles. The summed E-state index contributed by atoms with van der Waals surface area (Å²) in [4.78, 5) is 2.19. The smallest absolute Gasteiger partial charge is 0.304 e. The lowest BCUT2D eigenvalue weighted by Gasteiger charge is -2.20. The van der Waals surface area contributed by atoms with Crippen molar-refractivity contribution in [2.45, 2.75) is 26.7 Å². The van der Waals surface area contributed by atoms with Gasteiger partial charge in [-0.3, -0.25) is 4.57 Å². The second-order valence-corrected chi connectivity index (χ2v) is 5.17. The quantitative estimate of drug-likeness (QED) is 0.595. The molecule has 0 aromatic rings. The van der Waals surface area contributed by atoms with Gasteiger partial charge in [0, 0.05) is 13.2 Å². The first kappa shape index (κ1) is 14.1. The van der Waals surface area contributed by atoms with Crippen LogP contribution in [0.15, 0.2) is 0 Å². The van der Waals surface area contributed by atoms with E-state index in [9.17, 15) is 8.76 Å². The van der Waals surface area contributed by atoms with Crippen molar-refractivity contribution in [1.29, 1.82) is 0 Å². The van der Waals surface area contributed by atoms with Crippen molar-refractivity contribution in [3.8, 4) is 0 Å².